The Bertz CT molecular complexity index is 593. The molecule has 0 unspecified atom stereocenters. The van der Waals surface area contributed by atoms with Crippen molar-refractivity contribution in [2.24, 2.45) is 5.92 Å². The predicted molar refractivity (Wildman–Crippen MR) is 67.2 cm³/mol. The van der Waals surface area contributed by atoms with Gasteiger partial charge in [0.05, 0.1) is 17.8 Å². The summed E-state index contributed by atoms with van der Waals surface area (Å²) in [5.74, 6) is 0.0978. The number of hydrogen-bond acceptors (Lipinski definition) is 2. The van der Waals surface area contributed by atoms with E-state index in [4.69, 9.17) is 5.26 Å². The Labute approximate surface area is 105 Å². The molecule has 0 atom stereocenters. The second kappa shape index (κ2) is 5.01. The van der Waals surface area contributed by atoms with Crippen molar-refractivity contribution in [3.05, 3.63) is 42.0 Å². The quantitative estimate of drug-likeness (QED) is 0.830. The molecule has 0 aliphatic rings. The van der Waals surface area contributed by atoms with Crippen LogP contribution < -0.4 is 0 Å². The summed E-state index contributed by atoms with van der Waals surface area (Å²) in [6, 6.07) is 6.25. The average Bonchev–Trinajstić information content (AvgIpc) is 2.75. The second-order valence-electron chi connectivity index (χ2n) is 4.69. The van der Waals surface area contributed by atoms with Crippen molar-refractivity contribution in [1.82, 2.24) is 9.78 Å². The lowest BCUT2D eigenvalue weighted by Gasteiger charge is -2.03. The lowest BCUT2D eigenvalue weighted by atomic mass is 10.1. The number of nitrogens with zero attached hydrogens (tertiary/aromatic N) is 3. The van der Waals surface area contributed by atoms with Gasteiger partial charge in [-0.1, -0.05) is 13.8 Å². The van der Waals surface area contributed by atoms with E-state index in [9.17, 15) is 4.39 Å². The van der Waals surface area contributed by atoms with Gasteiger partial charge >= 0.3 is 0 Å². The number of aromatic nitrogens is 2. The minimum Gasteiger partial charge on any atom is -0.272 e. The third kappa shape index (κ3) is 2.75. The van der Waals surface area contributed by atoms with Gasteiger partial charge in [0, 0.05) is 18.3 Å². The maximum absolute atomic E-state index is 13.3. The standard InChI is InChI=1S/C14H14FN3/c1-10(2)8-18-9-13(7-17-18)12-3-11(6-16)4-14(15)5-12/h3-5,7,9-10H,8H2,1-2H3. The minimum atomic E-state index is -0.402. The summed E-state index contributed by atoms with van der Waals surface area (Å²) in [4.78, 5) is 0. The molecular formula is C14H14FN3. The van der Waals surface area contributed by atoms with Crippen LogP contribution in [-0.2, 0) is 6.54 Å². The highest BCUT2D eigenvalue weighted by Gasteiger charge is 2.06. The fourth-order valence-corrected chi connectivity index (χ4v) is 1.81. The van der Waals surface area contributed by atoms with E-state index in [1.54, 1.807) is 12.3 Å². The smallest absolute Gasteiger partial charge is 0.125 e. The number of benzene rings is 1. The molecule has 0 spiro atoms. The van der Waals surface area contributed by atoms with Crippen LogP contribution >= 0.6 is 0 Å². The monoisotopic (exact) mass is 243 g/mol. The Kier molecular flexibility index (Phi) is 3.42. The number of halogens is 1. The van der Waals surface area contributed by atoms with Gasteiger partial charge in [0.15, 0.2) is 0 Å². The van der Waals surface area contributed by atoms with Gasteiger partial charge in [-0.3, -0.25) is 4.68 Å². The topological polar surface area (TPSA) is 41.6 Å². The maximum atomic E-state index is 13.3. The molecule has 0 saturated carbocycles. The first-order chi connectivity index (χ1) is 8.58. The van der Waals surface area contributed by atoms with Crippen molar-refractivity contribution in [3.8, 4) is 17.2 Å². The number of nitriles is 1. The Morgan fingerprint density at radius 3 is 2.78 bits per heavy atom. The summed E-state index contributed by atoms with van der Waals surface area (Å²) >= 11 is 0. The summed E-state index contributed by atoms with van der Waals surface area (Å²) in [6.45, 7) is 5.04. The molecule has 2 aromatic rings. The lowest BCUT2D eigenvalue weighted by molar-refractivity contribution is 0.483. The minimum absolute atomic E-state index is 0.321. The fourth-order valence-electron chi connectivity index (χ4n) is 1.81. The molecule has 0 bridgehead atoms. The van der Waals surface area contributed by atoms with Crippen LogP contribution in [-0.4, -0.2) is 9.78 Å². The van der Waals surface area contributed by atoms with E-state index in [0.29, 0.717) is 17.0 Å². The van der Waals surface area contributed by atoms with Crippen LogP contribution in [0.3, 0.4) is 0 Å². The molecule has 92 valence electrons. The fraction of sp³-hybridized carbons (Fsp3) is 0.286. The SMILES string of the molecule is CC(C)Cn1cc(-c2cc(F)cc(C#N)c2)cn1. The Morgan fingerprint density at radius 2 is 2.11 bits per heavy atom. The van der Waals surface area contributed by atoms with Crippen LogP contribution in [0.5, 0.6) is 0 Å². The second-order valence-corrected chi connectivity index (χ2v) is 4.69. The Morgan fingerprint density at radius 1 is 1.33 bits per heavy atom. The molecule has 4 heteroatoms. The van der Waals surface area contributed by atoms with Crippen molar-refractivity contribution in [2.75, 3.05) is 0 Å². The number of rotatable bonds is 3. The molecule has 3 nitrogen and oxygen atoms in total. The van der Waals surface area contributed by atoms with Gasteiger partial charge in [-0.05, 0) is 29.7 Å². The van der Waals surface area contributed by atoms with E-state index in [1.807, 2.05) is 16.9 Å². The van der Waals surface area contributed by atoms with Crippen molar-refractivity contribution >= 4 is 0 Å². The van der Waals surface area contributed by atoms with Gasteiger partial charge in [0.1, 0.15) is 5.82 Å². The third-order valence-electron chi connectivity index (χ3n) is 2.55. The first-order valence-electron chi connectivity index (χ1n) is 5.82. The molecule has 1 heterocycles. The first kappa shape index (κ1) is 12.3. The highest BCUT2D eigenvalue weighted by atomic mass is 19.1. The van der Waals surface area contributed by atoms with Gasteiger partial charge in [-0.25, -0.2) is 4.39 Å². The van der Waals surface area contributed by atoms with Crippen molar-refractivity contribution < 1.29 is 4.39 Å². The summed E-state index contributed by atoms with van der Waals surface area (Å²) < 4.78 is 15.2. The molecule has 1 aromatic carbocycles. The summed E-state index contributed by atoms with van der Waals surface area (Å²) in [5, 5.41) is 13.0. The van der Waals surface area contributed by atoms with Crippen LogP contribution in [0.4, 0.5) is 4.39 Å². The van der Waals surface area contributed by atoms with Crippen LogP contribution in [0.1, 0.15) is 19.4 Å². The Hall–Kier alpha value is -2.15. The summed E-state index contributed by atoms with van der Waals surface area (Å²) in [7, 11) is 0. The van der Waals surface area contributed by atoms with Crippen molar-refractivity contribution in [1.29, 1.82) is 5.26 Å². The number of hydrogen-bond donors (Lipinski definition) is 0. The highest BCUT2D eigenvalue weighted by molar-refractivity contribution is 5.63. The zero-order valence-electron chi connectivity index (χ0n) is 10.4. The maximum Gasteiger partial charge on any atom is 0.125 e. The molecule has 0 N–H and O–H groups in total. The van der Waals surface area contributed by atoms with Gasteiger partial charge in [0.2, 0.25) is 0 Å². The van der Waals surface area contributed by atoms with E-state index in [-0.39, 0.29) is 0 Å². The van der Waals surface area contributed by atoms with Gasteiger partial charge < -0.3 is 0 Å². The normalized spacial score (nSPS) is 10.6. The van der Waals surface area contributed by atoms with Crippen LogP contribution in [0.2, 0.25) is 0 Å². The van der Waals surface area contributed by atoms with Gasteiger partial charge in [0.25, 0.3) is 0 Å². The molecule has 0 amide bonds. The van der Waals surface area contributed by atoms with E-state index in [1.165, 1.54) is 12.1 Å². The molecular weight excluding hydrogens is 229 g/mol. The van der Waals surface area contributed by atoms with E-state index in [0.717, 1.165) is 12.1 Å². The third-order valence-corrected chi connectivity index (χ3v) is 2.55. The van der Waals surface area contributed by atoms with E-state index in [2.05, 4.69) is 18.9 Å². The average molecular weight is 243 g/mol. The molecule has 2 rings (SSSR count). The zero-order chi connectivity index (χ0) is 13.1. The predicted octanol–water partition coefficient (Wildman–Crippen LogP) is 3.22. The molecule has 1 aromatic heterocycles. The molecule has 0 radical (unpaired) electrons. The largest absolute Gasteiger partial charge is 0.272 e. The summed E-state index contributed by atoms with van der Waals surface area (Å²) in [6.07, 6.45) is 3.56. The van der Waals surface area contributed by atoms with Gasteiger partial charge in [-0.15, -0.1) is 0 Å². The summed E-state index contributed by atoms with van der Waals surface area (Å²) in [5.41, 5.74) is 1.83. The van der Waals surface area contributed by atoms with Crippen LogP contribution in [0.25, 0.3) is 11.1 Å². The molecule has 0 aliphatic heterocycles. The Balaban J connectivity index is 2.34. The zero-order valence-corrected chi connectivity index (χ0v) is 10.4. The molecule has 0 saturated heterocycles. The van der Waals surface area contributed by atoms with Crippen molar-refractivity contribution in [3.63, 3.8) is 0 Å². The van der Waals surface area contributed by atoms with Crippen molar-refractivity contribution in [2.45, 2.75) is 20.4 Å². The first-order valence-corrected chi connectivity index (χ1v) is 5.82. The molecule has 18 heavy (non-hydrogen) atoms. The molecule has 0 fully saturated rings. The van der Waals surface area contributed by atoms with E-state index >= 15 is 0 Å². The van der Waals surface area contributed by atoms with Crippen LogP contribution in [0.15, 0.2) is 30.6 Å². The highest BCUT2D eigenvalue weighted by Crippen LogP contribution is 2.21. The van der Waals surface area contributed by atoms with Crippen LogP contribution in [0, 0.1) is 23.1 Å². The lowest BCUT2D eigenvalue weighted by Crippen LogP contribution is -2.03. The van der Waals surface area contributed by atoms with Gasteiger partial charge in [-0.2, -0.15) is 10.4 Å². The van der Waals surface area contributed by atoms with E-state index < -0.39 is 5.82 Å². The molecule has 0 aliphatic carbocycles.